The average molecular weight is 187 g/mol. The van der Waals surface area contributed by atoms with Crippen molar-refractivity contribution in [1.82, 2.24) is 10.2 Å². The third-order valence-electron chi connectivity index (χ3n) is 1.17. The van der Waals surface area contributed by atoms with Gasteiger partial charge in [-0.15, -0.1) is 10.2 Å². The summed E-state index contributed by atoms with van der Waals surface area (Å²) in [6, 6.07) is 0.221. The molecule has 0 spiro atoms. The molecule has 0 amide bonds. The lowest BCUT2D eigenvalue weighted by Crippen LogP contribution is -2.17. The molecule has 0 aromatic carbocycles. The van der Waals surface area contributed by atoms with Crippen molar-refractivity contribution in [2.24, 2.45) is 5.73 Å². The summed E-state index contributed by atoms with van der Waals surface area (Å²) >= 11 is 1.71. The SMILES string of the molecule is Cc1nnc(CSCC(C)N)o1. The van der Waals surface area contributed by atoms with Crippen LogP contribution in [-0.2, 0) is 5.75 Å². The monoisotopic (exact) mass is 187 g/mol. The zero-order valence-electron chi connectivity index (χ0n) is 7.28. The van der Waals surface area contributed by atoms with E-state index >= 15 is 0 Å². The Morgan fingerprint density at radius 2 is 2.33 bits per heavy atom. The number of aryl methyl sites for hydroxylation is 1. The number of nitrogens with two attached hydrogens (primary N) is 1. The maximum atomic E-state index is 5.57. The van der Waals surface area contributed by atoms with Gasteiger partial charge in [0.25, 0.3) is 0 Å². The highest BCUT2D eigenvalue weighted by molar-refractivity contribution is 7.98. The third-order valence-corrected chi connectivity index (χ3v) is 2.39. The first-order valence-electron chi connectivity index (χ1n) is 3.81. The first kappa shape index (κ1) is 9.54. The molecule has 1 heterocycles. The minimum atomic E-state index is 0.221. The highest BCUT2D eigenvalue weighted by atomic mass is 32.2. The Bertz CT molecular complexity index is 236. The van der Waals surface area contributed by atoms with Crippen LogP contribution < -0.4 is 5.73 Å². The highest BCUT2D eigenvalue weighted by Gasteiger charge is 2.02. The number of hydrogen-bond donors (Lipinski definition) is 1. The fourth-order valence-corrected chi connectivity index (χ4v) is 1.51. The van der Waals surface area contributed by atoms with Crippen LogP contribution in [0.5, 0.6) is 0 Å². The molecule has 1 rings (SSSR count). The molecule has 1 aromatic heterocycles. The molecule has 4 nitrogen and oxygen atoms in total. The number of hydrogen-bond acceptors (Lipinski definition) is 5. The van der Waals surface area contributed by atoms with E-state index in [9.17, 15) is 0 Å². The molecule has 12 heavy (non-hydrogen) atoms. The molecule has 5 heteroatoms. The summed E-state index contributed by atoms with van der Waals surface area (Å²) in [7, 11) is 0. The lowest BCUT2D eigenvalue weighted by molar-refractivity contribution is 0.485. The van der Waals surface area contributed by atoms with Crippen molar-refractivity contribution < 1.29 is 4.42 Å². The summed E-state index contributed by atoms with van der Waals surface area (Å²) < 4.78 is 5.18. The topological polar surface area (TPSA) is 64.9 Å². The van der Waals surface area contributed by atoms with E-state index in [2.05, 4.69) is 10.2 Å². The quantitative estimate of drug-likeness (QED) is 0.760. The van der Waals surface area contributed by atoms with Gasteiger partial charge >= 0.3 is 0 Å². The van der Waals surface area contributed by atoms with Crippen LogP contribution >= 0.6 is 11.8 Å². The van der Waals surface area contributed by atoms with Crippen LogP contribution in [0.4, 0.5) is 0 Å². The summed E-state index contributed by atoms with van der Waals surface area (Å²) in [5.74, 6) is 2.97. The summed E-state index contributed by atoms with van der Waals surface area (Å²) in [4.78, 5) is 0. The van der Waals surface area contributed by atoms with E-state index in [1.165, 1.54) is 0 Å². The fraction of sp³-hybridized carbons (Fsp3) is 0.714. The summed E-state index contributed by atoms with van der Waals surface area (Å²) in [5, 5.41) is 7.59. The van der Waals surface area contributed by atoms with Crippen LogP contribution in [0.25, 0.3) is 0 Å². The van der Waals surface area contributed by atoms with Crippen LogP contribution in [0.1, 0.15) is 18.7 Å². The zero-order valence-corrected chi connectivity index (χ0v) is 8.10. The van der Waals surface area contributed by atoms with E-state index in [0.29, 0.717) is 11.8 Å². The Hall–Kier alpha value is -0.550. The normalized spacial score (nSPS) is 13.2. The molecule has 2 N–H and O–H groups in total. The summed E-state index contributed by atoms with van der Waals surface area (Å²) in [5.41, 5.74) is 5.57. The van der Waals surface area contributed by atoms with Gasteiger partial charge in [-0.3, -0.25) is 0 Å². The lowest BCUT2D eigenvalue weighted by atomic mass is 10.4. The molecule has 0 aliphatic rings. The first-order valence-corrected chi connectivity index (χ1v) is 4.96. The van der Waals surface area contributed by atoms with Crippen molar-refractivity contribution >= 4 is 11.8 Å². The first-order chi connectivity index (χ1) is 5.68. The largest absolute Gasteiger partial charge is 0.425 e. The minimum Gasteiger partial charge on any atom is -0.425 e. The van der Waals surface area contributed by atoms with Gasteiger partial charge in [-0.1, -0.05) is 0 Å². The Kier molecular flexibility index (Phi) is 3.55. The molecular weight excluding hydrogens is 174 g/mol. The Morgan fingerprint density at radius 3 is 2.83 bits per heavy atom. The standard InChI is InChI=1S/C7H13N3OS/c1-5(8)3-12-4-7-10-9-6(2)11-7/h5H,3-4,8H2,1-2H3. The van der Waals surface area contributed by atoms with Crippen LogP contribution in [0.3, 0.4) is 0 Å². The molecule has 0 saturated carbocycles. The van der Waals surface area contributed by atoms with Crippen LogP contribution in [0, 0.1) is 6.92 Å². The lowest BCUT2D eigenvalue weighted by Gasteiger charge is -2.00. The van der Waals surface area contributed by atoms with Crippen molar-refractivity contribution in [2.45, 2.75) is 25.6 Å². The molecule has 1 unspecified atom stereocenters. The van der Waals surface area contributed by atoms with E-state index in [4.69, 9.17) is 10.2 Å². The maximum absolute atomic E-state index is 5.57. The minimum absolute atomic E-state index is 0.221. The highest BCUT2D eigenvalue weighted by Crippen LogP contribution is 2.10. The van der Waals surface area contributed by atoms with Gasteiger partial charge in [0.2, 0.25) is 11.8 Å². The van der Waals surface area contributed by atoms with E-state index in [0.717, 1.165) is 11.5 Å². The Morgan fingerprint density at radius 1 is 1.58 bits per heavy atom. The molecule has 1 aromatic rings. The van der Waals surface area contributed by atoms with Crippen LogP contribution in [-0.4, -0.2) is 22.0 Å². The molecule has 1 atom stereocenters. The predicted octanol–water partition coefficient (Wildman–Crippen LogP) is 0.958. The predicted molar refractivity (Wildman–Crippen MR) is 48.8 cm³/mol. The van der Waals surface area contributed by atoms with Gasteiger partial charge in [-0.05, 0) is 6.92 Å². The molecule has 0 bridgehead atoms. The average Bonchev–Trinajstić information content (AvgIpc) is 2.35. The second-order valence-corrected chi connectivity index (χ2v) is 3.74. The van der Waals surface area contributed by atoms with Crippen LogP contribution in [0.15, 0.2) is 4.42 Å². The van der Waals surface area contributed by atoms with E-state index in [1.807, 2.05) is 6.92 Å². The molecule has 0 saturated heterocycles. The van der Waals surface area contributed by atoms with Crippen LogP contribution in [0.2, 0.25) is 0 Å². The Labute approximate surface area is 75.9 Å². The molecule has 0 aliphatic carbocycles. The van der Waals surface area contributed by atoms with E-state index in [1.54, 1.807) is 18.7 Å². The molecular formula is C7H13N3OS. The maximum Gasteiger partial charge on any atom is 0.226 e. The number of rotatable bonds is 4. The van der Waals surface area contributed by atoms with Gasteiger partial charge in [0.1, 0.15) is 0 Å². The van der Waals surface area contributed by atoms with Gasteiger partial charge in [0.15, 0.2) is 0 Å². The summed E-state index contributed by atoms with van der Waals surface area (Å²) in [6.07, 6.45) is 0. The van der Waals surface area contributed by atoms with Gasteiger partial charge < -0.3 is 10.2 Å². The van der Waals surface area contributed by atoms with Crippen molar-refractivity contribution in [2.75, 3.05) is 5.75 Å². The number of thioether (sulfide) groups is 1. The molecule has 0 fully saturated rings. The smallest absolute Gasteiger partial charge is 0.226 e. The summed E-state index contributed by atoms with van der Waals surface area (Å²) in [6.45, 7) is 3.76. The van der Waals surface area contributed by atoms with Crippen molar-refractivity contribution in [3.05, 3.63) is 11.8 Å². The second-order valence-electron chi connectivity index (χ2n) is 2.71. The fourth-order valence-electron chi connectivity index (χ4n) is 0.728. The zero-order chi connectivity index (χ0) is 8.97. The van der Waals surface area contributed by atoms with Crippen molar-refractivity contribution in [3.8, 4) is 0 Å². The molecule has 0 radical (unpaired) electrons. The van der Waals surface area contributed by atoms with Gasteiger partial charge in [0, 0.05) is 18.7 Å². The number of nitrogens with zero attached hydrogens (tertiary/aromatic N) is 2. The molecule has 0 aliphatic heterocycles. The van der Waals surface area contributed by atoms with E-state index < -0.39 is 0 Å². The van der Waals surface area contributed by atoms with Gasteiger partial charge in [-0.25, -0.2) is 0 Å². The van der Waals surface area contributed by atoms with Gasteiger partial charge in [0.05, 0.1) is 5.75 Å². The van der Waals surface area contributed by atoms with Crippen molar-refractivity contribution in [1.29, 1.82) is 0 Å². The van der Waals surface area contributed by atoms with E-state index in [-0.39, 0.29) is 6.04 Å². The third kappa shape index (κ3) is 3.23. The number of aromatic nitrogens is 2. The second kappa shape index (κ2) is 4.47. The Balaban J connectivity index is 2.24. The molecule has 68 valence electrons. The van der Waals surface area contributed by atoms with Crippen molar-refractivity contribution in [3.63, 3.8) is 0 Å². The van der Waals surface area contributed by atoms with Gasteiger partial charge in [-0.2, -0.15) is 11.8 Å².